The van der Waals surface area contributed by atoms with E-state index in [4.69, 9.17) is 4.74 Å². The van der Waals surface area contributed by atoms with E-state index in [1.165, 1.54) is 10.4 Å². The van der Waals surface area contributed by atoms with Crippen molar-refractivity contribution in [3.63, 3.8) is 0 Å². The van der Waals surface area contributed by atoms with Gasteiger partial charge in [0.15, 0.2) is 0 Å². The van der Waals surface area contributed by atoms with Gasteiger partial charge < -0.3 is 10.1 Å². The topological polar surface area (TPSA) is 75.7 Å². The van der Waals surface area contributed by atoms with Crippen molar-refractivity contribution in [3.8, 4) is 0 Å². The summed E-state index contributed by atoms with van der Waals surface area (Å²) in [5.41, 5.74) is 0.123. The van der Waals surface area contributed by atoms with Crippen molar-refractivity contribution < 1.29 is 22.3 Å². The first kappa shape index (κ1) is 20.5. The normalized spacial score (nSPS) is 19.0. The van der Waals surface area contributed by atoms with Gasteiger partial charge in [-0.05, 0) is 48.7 Å². The number of carbonyl (C=O) groups excluding carboxylic acids is 1. The van der Waals surface area contributed by atoms with Gasteiger partial charge in [0.05, 0.1) is 29.2 Å². The Bertz CT molecular complexity index is 1030. The monoisotopic (exact) mass is 482 g/mol. The van der Waals surface area contributed by atoms with Crippen LogP contribution in [-0.4, -0.2) is 44.9 Å². The molecule has 2 aromatic rings. The van der Waals surface area contributed by atoms with Crippen molar-refractivity contribution in [3.05, 3.63) is 63.9 Å². The Balaban J connectivity index is 1.59. The number of nitrogens with zero attached hydrogens (tertiary/aromatic N) is 1. The molecule has 0 bridgehead atoms. The highest BCUT2D eigenvalue weighted by Crippen LogP contribution is 2.46. The van der Waals surface area contributed by atoms with Crippen LogP contribution in [0, 0.1) is 5.82 Å². The summed E-state index contributed by atoms with van der Waals surface area (Å²) in [6.07, 6.45) is 1.49. The van der Waals surface area contributed by atoms with Crippen molar-refractivity contribution in [2.75, 3.05) is 26.3 Å². The van der Waals surface area contributed by atoms with E-state index in [1.807, 2.05) is 24.3 Å². The van der Waals surface area contributed by atoms with Crippen LogP contribution in [0.4, 0.5) is 4.39 Å². The predicted molar refractivity (Wildman–Crippen MR) is 108 cm³/mol. The third kappa shape index (κ3) is 4.09. The number of hydrogen-bond donors (Lipinski definition) is 1. The number of sulfonamides is 1. The lowest BCUT2D eigenvalue weighted by Crippen LogP contribution is -2.40. The summed E-state index contributed by atoms with van der Waals surface area (Å²) in [5, 5.41) is 2.90. The molecule has 2 aromatic carbocycles. The smallest absolute Gasteiger partial charge is 0.254 e. The highest BCUT2D eigenvalue weighted by atomic mass is 79.9. The van der Waals surface area contributed by atoms with E-state index >= 15 is 0 Å². The van der Waals surface area contributed by atoms with Gasteiger partial charge >= 0.3 is 0 Å². The number of benzene rings is 2. The van der Waals surface area contributed by atoms with Crippen LogP contribution in [0.25, 0.3) is 0 Å². The molecule has 0 spiro atoms. The Morgan fingerprint density at radius 1 is 1.10 bits per heavy atom. The summed E-state index contributed by atoms with van der Waals surface area (Å²) in [4.78, 5) is 12.7. The number of nitrogens with one attached hydrogen (secondary N) is 1. The van der Waals surface area contributed by atoms with Crippen molar-refractivity contribution in [1.82, 2.24) is 9.62 Å². The molecule has 0 atom stereocenters. The molecule has 1 amide bonds. The Hall–Kier alpha value is -1.81. The van der Waals surface area contributed by atoms with E-state index in [-0.39, 0.29) is 23.5 Å². The SMILES string of the molecule is O=C(NC1(c2ccc(Br)cc2)CC1)c1cc(S(=O)(=O)N2CCOCC2)ccc1F. The van der Waals surface area contributed by atoms with Crippen molar-refractivity contribution in [1.29, 1.82) is 0 Å². The molecule has 1 aliphatic heterocycles. The average molecular weight is 483 g/mol. The number of rotatable bonds is 5. The zero-order valence-electron chi connectivity index (χ0n) is 15.5. The number of halogens is 2. The molecule has 154 valence electrons. The quantitative estimate of drug-likeness (QED) is 0.710. The van der Waals surface area contributed by atoms with Gasteiger partial charge in [-0.1, -0.05) is 28.1 Å². The lowest BCUT2D eigenvalue weighted by Gasteiger charge is -2.26. The van der Waals surface area contributed by atoms with Gasteiger partial charge in [0.2, 0.25) is 10.0 Å². The van der Waals surface area contributed by atoms with Gasteiger partial charge in [-0.2, -0.15) is 4.31 Å². The third-order valence-electron chi connectivity index (χ3n) is 5.29. The van der Waals surface area contributed by atoms with Crippen LogP contribution in [0.2, 0.25) is 0 Å². The molecular weight excluding hydrogens is 463 g/mol. The average Bonchev–Trinajstić information content (AvgIpc) is 3.49. The van der Waals surface area contributed by atoms with Gasteiger partial charge in [-0.15, -0.1) is 0 Å². The van der Waals surface area contributed by atoms with Gasteiger partial charge in [-0.25, -0.2) is 12.8 Å². The first-order valence-corrected chi connectivity index (χ1v) is 11.5. The molecule has 1 N–H and O–H groups in total. The van der Waals surface area contributed by atoms with E-state index in [9.17, 15) is 17.6 Å². The zero-order valence-corrected chi connectivity index (χ0v) is 17.9. The van der Waals surface area contributed by atoms with Crippen LogP contribution >= 0.6 is 15.9 Å². The number of carbonyl (C=O) groups is 1. The molecule has 29 heavy (non-hydrogen) atoms. The Labute approximate surface area is 177 Å². The molecule has 0 unspecified atom stereocenters. The summed E-state index contributed by atoms with van der Waals surface area (Å²) in [6.45, 7) is 1.08. The summed E-state index contributed by atoms with van der Waals surface area (Å²) >= 11 is 3.38. The van der Waals surface area contributed by atoms with Gasteiger partial charge in [-0.3, -0.25) is 4.79 Å². The van der Waals surface area contributed by atoms with Crippen LogP contribution < -0.4 is 5.32 Å². The van der Waals surface area contributed by atoms with Crippen LogP contribution in [0.3, 0.4) is 0 Å². The van der Waals surface area contributed by atoms with Crippen LogP contribution in [0.1, 0.15) is 28.8 Å². The molecule has 1 heterocycles. The molecule has 1 aliphatic carbocycles. The molecule has 4 rings (SSSR count). The number of ether oxygens (including phenoxy) is 1. The van der Waals surface area contributed by atoms with E-state index < -0.39 is 27.3 Å². The maximum absolute atomic E-state index is 14.4. The highest BCUT2D eigenvalue weighted by Gasteiger charge is 2.46. The molecule has 0 aromatic heterocycles. The standard InChI is InChI=1S/C20H20BrFN2O4S/c21-15-3-1-14(2-4-15)20(7-8-20)23-19(25)17-13-16(5-6-18(17)22)29(26,27)24-9-11-28-12-10-24/h1-6,13H,7-12H2,(H,23,25). The second-order valence-corrected chi connectivity index (χ2v) is 10.1. The van der Waals surface area contributed by atoms with E-state index in [0.717, 1.165) is 35.0 Å². The molecule has 0 radical (unpaired) electrons. The molecular formula is C20H20BrFN2O4S. The first-order chi connectivity index (χ1) is 13.8. The number of amides is 1. The fraction of sp³-hybridized carbons (Fsp3) is 0.350. The van der Waals surface area contributed by atoms with Gasteiger partial charge in [0, 0.05) is 17.6 Å². The lowest BCUT2D eigenvalue weighted by molar-refractivity contribution is 0.0730. The summed E-state index contributed by atoms with van der Waals surface area (Å²) in [7, 11) is -3.82. The van der Waals surface area contributed by atoms with Crippen molar-refractivity contribution >= 4 is 31.9 Å². The van der Waals surface area contributed by atoms with Crippen LogP contribution in [0.5, 0.6) is 0 Å². The maximum atomic E-state index is 14.4. The molecule has 6 nitrogen and oxygen atoms in total. The zero-order chi connectivity index (χ0) is 20.6. The minimum absolute atomic E-state index is 0.0977. The van der Waals surface area contributed by atoms with Gasteiger partial charge in [0.1, 0.15) is 5.82 Å². The molecule has 1 saturated carbocycles. The van der Waals surface area contributed by atoms with Crippen molar-refractivity contribution in [2.24, 2.45) is 0 Å². The summed E-state index contributed by atoms with van der Waals surface area (Å²) < 4.78 is 47.5. The molecule has 2 fully saturated rings. The fourth-order valence-corrected chi connectivity index (χ4v) is 5.14. The second kappa shape index (κ2) is 7.79. The Morgan fingerprint density at radius 3 is 2.38 bits per heavy atom. The molecule has 9 heteroatoms. The lowest BCUT2D eigenvalue weighted by atomic mass is 10.0. The maximum Gasteiger partial charge on any atom is 0.254 e. The van der Waals surface area contributed by atoms with Crippen molar-refractivity contribution in [2.45, 2.75) is 23.3 Å². The van der Waals surface area contributed by atoms with Gasteiger partial charge in [0.25, 0.3) is 5.91 Å². The number of hydrogen-bond acceptors (Lipinski definition) is 4. The predicted octanol–water partition coefficient (Wildman–Crippen LogP) is 3.03. The van der Waals surface area contributed by atoms with Crippen LogP contribution in [-0.2, 0) is 20.3 Å². The Kier molecular flexibility index (Phi) is 5.50. The highest BCUT2D eigenvalue weighted by molar-refractivity contribution is 9.10. The molecule has 1 saturated heterocycles. The fourth-order valence-electron chi connectivity index (χ4n) is 3.44. The molecule has 2 aliphatic rings. The Morgan fingerprint density at radius 2 is 1.76 bits per heavy atom. The first-order valence-electron chi connectivity index (χ1n) is 9.28. The van der Waals surface area contributed by atoms with E-state index in [2.05, 4.69) is 21.2 Å². The largest absolute Gasteiger partial charge is 0.379 e. The minimum Gasteiger partial charge on any atom is -0.379 e. The summed E-state index contributed by atoms with van der Waals surface area (Å²) in [6, 6.07) is 10.9. The minimum atomic E-state index is -3.82. The number of morpholine rings is 1. The van der Waals surface area contributed by atoms with E-state index in [1.54, 1.807) is 0 Å². The van der Waals surface area contributed by atoms with E-state index in [0.29, 0.717) is 13.2 Å². The third-order valence-corrected chi connectivity index (χ3v) is 7.71. The second-order valence-electron chi connectivity index (χ2n) is 7.20. The van der Waals surface area contributed by atoms with Crippen LogP contribution in [0.15, 0.2) is 51.8 Å². The summed E-state index contributed by atoms with van der Waals surface area (Å²) in [5.74, 6) is -1.38.